The van der Waals surface area contributed by atoms with Crippen molar-refractivity contribution >= 4 is 27.3 Å². The van der Waals surface area contributed by atoms with Crippen molar-refractivity contribution in [3.05, 3.63) is 66.6 Å². The first-order valence-corrected chi connectivity index (χ1v) is 12.6. The van der Waals surface area contributed by atoms with Gasteiger partial charge in [0, 0.05) is 24.8 Å². The van der Waals surface area contributed by atoms with Gasteiger partial charge in [0.25, 0.3) is 5.19 Å². The van der Waals surface area contributed by atoms with Gasteiger partial charge in [0.15, 0.2) is 12.6 Å². The first kappa shape index (κ1) is 24.6. The highest BCUT2D eigenvalue weighted by molar-refractivity contribution is 7.18. The molecule has 39 heavy (non-hydrogen) atoms. The number of nitrogens with zero attached hydrogens (tertiary/aromatic N) is 5. The number of aromatic nitrogens is 5. The zero-order chi connectivity index (χ0) is 26.8. The Morgan fingerprint density at radius 2 is 1.87 bits per heavy atom. The SMILES string of the molecule is COCOc1cnc(-c2cccc(COc3cc(OC)cc4oc(-c5cn6nc(OC)sc6n5)cc34)c2)cn1. The van der Waals surface area contributed by atoms with Crippen molar-refractivity contribution in [2.24, 2.45) is 0 Å². The number of imidazole rings is 1. The molecule has 12 heteroatoms. The fourth-order valence-corrected chi connectivity index (χ4v) is 4.67. The lowest BCUT2D eigenvalue weighted by molar-refractivity contribution is 0.0475. The average molecular weight is 546 g/mol. The molecule has 0 bridgehead atoms. The zero-order valence-electron chi connectivity index (χ0n) is 21.3. The number of methoxy groups -OCH3 is 3. The molecule has 4 aromatic heterocycles. The fraction of sp³-hybridized carbons (Fsp3) is 0.185. The Hall–Kier alpha value is -4.68. The molecular formula is C27H23N5O6S. The van der Waals surface area contributed by atoms with Gasteiger partial charge in [-0.3, -0.25) is 0 Å². The standard InChI is InChI=1S/C27H23N5O6S/c1-33-15-37-25-12-28-20(11-29-25)17-6-4-5-16(7-17)14-36-22-8-18(34-2)9-23-19(22)10-24(38-23)21-13-32-26(30-21)39-27(31-32)35-3/h4-13H,14-15H2,1-3H3. The van der Waals surface area contributed by atoms with E-state index in [1.165, 1.54) is 11.3 Å². The molecule has 0 N–H and O–H groups in total. The summed E-state index contributed by atoms with van der Waals surface area (Å²) in [6.45, 7) is 0.437. The molecule has 0 atom stereocenters. The summed E-state index contributed by atoms with van der Waals surface area (Å²) in [7, 11) is 4.73. The number of hydrogen-bond donors (Lipinski definition) is 0. The van der Waals surface area contributed by atoms with Crippen LogP contribution in [0.4, 0.5) is 0 Å². The van der Waals surface area contributed by atoms with Crippen LogP contribution in [0.25, 0.3) is 38.6 Å². The summed E-state index contributed by atoms with van der Waals surface area (Å²) in [5, 5.41) is 5.68. The molecule has 0 saturated carbocycles. The Balaban J connectivity index is 1.24. The van der Waals surface area contributed by atoms with Crippen LogP contribution < -0.4 is 18.9 Å². The van der Waals surface area contributed by atoms with E-state index >= 15 is 0 Å². The fourth-order valence-electron chi connectivity index (χ4n) is 3.97. The topological polar surface area (TPSA) is 115 Å². The molecule has 6 rings (SSSR count). The van der Waals surface area contributed by atoms with E-state index in [0.717, 1.165) is 22.2 Å². The molecule has 2 aromatic carbocycles. The maximum Gasteiger partial charge on any atom is 0.294 e. The molecule has 0 fully saturated rings. The van der Waals surface area contributed by atoms with Crippen molar-refractivity contribution in [2.45, 2.75) is 6.61 Å². The van der Waals surface area contributed by atoms with Gasteiger partial charge < -0.3 is 28.1 Å². The molecule has 11 nitrogen and oxygen atoms in total. The van der Waals surface area contributed by atoms with Crippen LogP contribution in [0.15, 0.2) is 65.5 Å². The molecule has 0 unspecified atom stereocenters. The van der Waals surface area contributed by atoms with Gasteiger partial charge in [-0.1, -0.05) is 18.2 Å². The lowest BCUT2D eigenvalue weighted by atomic mass is 10.1. The van der Waals surface area contributed by atoms with Crippen LogP contribution in [0.3, 0.4) is 0 Å². The summed E-state index contributed by atoms with van der Waals surface area (Å²) in [5.74, 6) is 2.24. The smallest absolute Gasteiger partial charge is 0.294 e. The van der Waals surface area contributed by atoms with Crippen LogP contribution in [0.5, 0.6) is 22.6 Å². The summed E-state index contributed by atoms with van der Waals surface area (Å²) in [4.78, 5) is 14.1. The van der Waals surface area contributed by atoms with Gasteiger partial charge in [0.2, 0.25) is 10.8 Å². The molecule has 198 valence electrons. The summed E-state index contributed by atoms with van der Waals surface area (Å²) < 4.78 is 34.9. The Morgan fingerprint density at radius 3 is 2.64 bits per heavy atom. The Bertz CT molecular complexity index is 1710. The first-order chi connectivity index (χ1) is 19.1. The molecule has 4 heterocycles. The third-order valence-corrected chi connectivity index (χ3v) is 6.71. The van der Waals surface area contributed by atoms with Crippen LogP contribution in [-0.2, 0) is 11.3 Å². The van der Waals surface area contributed by atoms with Crippen molar-refractivity contribution in [2.75, 3.05) is 28.1 Å². The van der Waals surface area contributed by atoms with Gasteiger partial charge in [0.1, 0.15) is 29.4 Å². The van der Waals surface area contributed by atoms with Gasteiger partial charge in [-0.2, -0.15) is 0 Å². The number of benzene rings is 2. The molecule has 0 saturated heterocycles. The van der Waals surface area contributed by atoms with Crippen molar-refractivity contribution in [3.8, 4) is 45.3 Å². The van der Waals surface area contributed by atoms with Crippen molar-refractivity contribution in [3.63, 3.8) is 0 Å². The van der Waals surface area contributed by atoms with E-state index in [9.17, 15) is 0 Å². The predicted octanol–water partition coefficient (Wildman–Crippen LogP) is 5.24. The number of ether oxygens (including phenoxy) is 5. The molecule has 0 aliphatic carbocycles. The van der Waals surface area contributed by atoms with Gasteiger partial charge in [-0.25, -0.2) is 19.5 Å². The van der Waals surface area contributed by atoms with E-state index in [1.807, 2.05) is 42.5 Å². The minimum absolute atomic E-state index is 0.115. The summed E-state index contributed by atoms with van der Waals surface area (Å²) >= 11 is 1.35. The van der Waals surface area contributed by atoms with E-state index in [4.69, 9.17) is 28.1 Å². The van der Waals surface area contributed by atoms with Gasteiger partial charge in [-0.05, 0) is 29.0 Å². The second-order valence-corrected chi connectivity index (χ2v) is 9.27. The van der Waals surface area contributed by atoms with Crippen LogP contribution in [0, 0.1) is 0 Å². The zero-order valence-corrected chi connectivity index (χ0v) is 22.1. The molecule has 0 spiro atoms. The lowest BCUT2D eigenvalue weighted by Crippen LogP contribution is -2.01. The highest BCUT2D eigenvalue weighted by Gasteiger charge is 2.17. The van der Waals surface area contributed by atoms with Gasteiger partial charge in [-0.15, -0.1) is 5.10 Å². The van der Waals surface area contributed by atoms with E-state index < -0.39 is 0 Å². The molecule has 0 amide bonds. The van der Waals surface area contributed by atoms with Crippen LogP contribution in [-0.4, -0.2) is 52.7 Å². The first-order valence-electron chi connectivity index (χ1n) is 11.8. The number of furan rings is 1. The van der Waals surface area contributed by atoms with E-state index in [1.54, 1.807) is 44.4 Å². The maximum absolute atomic E-state index is 6.26. The second-order valence-electron chi connectivity index (χ2n) is 8.35. The third-order valence-electron chi connectivity index (χ3n) is 5.83. The summed E-state index contributed by atoms with van der Waals surface area (Å²) in [6, 6.07) is 13.5. The molecule has 0 radical (unpaired) electrons. The van der Waals surface area contributed by atoms with Crippen LogP contribution in [0.1, 0.15) is 5.56 Å². The van der Waals surface area contributed by atoms with Crippen LogP contribution >= 0.6 is 11.3 Å². The summed E-state index contributed by atoms with van der Waals surface area (Å²) in [5.41, 5.74) is 3.87. The summed E-state index contributed by atoms with van der Waals surface area (Å²) in [6.07, 6.45) is 5.03. The van der Waals surface area contributed by atoms with Gasteiger partial charge in [0.05, 0.1) is 43.9 Å². The van der Waals surface area contributed by atoms with E-state index in [-0.39, 0.29) is 6.79 Å². The van der Waals surface area contributed by atoms with Crippen LogP contribution in [0.2, 0.25) is 0 Å². The monoisotopic (exact) mass is 545 g/mol. The number of rotatable bonds is 10. The lowest BCUT2D eigenvalue weighted by Gasteiger charge is -2.10. The highest BCUT2D eigenvalue weighted by atomic mass is 32.1. The van der Waals surface area contributed by atoms with Crippen molar-refractivity contribution in [1.82, 2.24) is 24.6 Å². The minimum Gasteiger partial charge on any atom is -0.496 e. The van der Waals surface area contributed by atoms with Crippen molar-refractivity contribution < 1.29 is 28.1 Å². The second kappa shape index (κ2) is 10.6. The number of hydrogen-bond acceptors (Lipinski definition) is 11. The molecule has 0 aliphatic rings. The molecule has 0 aliphatic heterocycles. The normalized spacial score (nSPS) is 11.3. The van der Waals surface area contributed by atoms with E-state index in [2.05, 4.69) is 20.1 Å². The Labute approximate surface area is 226 Å². The number of fused-ring (bicyclic) bond motifs is 2. The quantitative estimate of drug-likeness (QED) is 0.212. The molecular weight excluding hydrogens is 522 g/mol. The van der Waals surface area contributed by atoms with Crippen molar-refractivity contribution in [1.29, 1.82) is 0 Å². The largest absolute Gasteiger partial charge is 0.496 e. The Kier molecular flexibility index (Phi) is 6.69. The average Bonchev–Trinajstić information content (AvgIpc) is 3.68. The molecule has 6 aromatic rings. The minimum atomic E-state index is 0.115. The van der Waals surface area contributed by atoms with Gasteiger partial charge >= 0.3 is 0 Å². The maximum atomic E-state index is 6.26. The Morgan fingerprint density at radius 1 is 0.949 bits per heavy atom. The highest BCUT2D eigenvalue weighted by Crippen LogP contribution is 2.37. The van der Waals surface area contributed by atoms with E-state index in [0.29, 0.717) is 51.2 Å². The third kappa shape index (κ3) is 5.07. The predicted molar refractivity (Wildman–Crippen MR) is 143 cm³/mol.